The standard InChI is InChI=1S/C12H22O3S/c13-9-1-5-11(6-2-9)15-16-12-7-3-10(14)4-8-12/h9-14H,1-8H2. The first-order valence-electron chi connectivity index (χ1n) is 6.42. The van der Waals surface area contributed by atoms with Crippen LogP contribution in [0.25, 0.3) is 0 Å². The Morgan fingerprint density at radius 2 is 1.25 bits per heavy atom. The Kier molecular flexibility index (Phi) is 4.95. The maximum Gasteiger partial charge on any atom is 0.0724 e. The Morgan fingerprint density at radius 1 is 0.750 bits per heavy atom. The molecule has 2 aliphatic rings. The van der Waals surface area contributed by atoms with Crippen LogP contribution in [-0.4, -0.2) is 33.8 Å². The minimum atomic E-state index is -0.102. The first kappa shape index (κ1) is 12.7. The third-order valence-corrected chi connectivity index (χ3v) is 4.74. The molecule has 0 radical (unpaired) electrons. The topological polar surface area (TPSA) is 49.7 Å². The van der Waals surface area contributed by atoms with E-state index in [2.05, 4.69) is 0 Å². The molecule has 0 atom stereocenters. The molecule has 94 valence electrons. The number of aliphatic hydroxyl groups is 2. The van der Waals surface area contributed by atoms with Gasteiger partial charge in [-0.1, -0.05) is 0 Å². The van der Waals surface area contributed by atoms with Gasteiger partial charge in [-0.05, 0) is 63.4 Å². The lowest BCUT2D eigenvalue weighted by molar-refractivity contribution is 0.0750. The van der Waals surface area contributed by atoms with Crippen LogP contribution in [0.2, 0.25) is 0 Å². The molecule has 0 heterocycles. The van der Waals surface area contributed by atoms with E-state index in [0.717, 1.165) is 51.4 Å². The summed E-state index contributed by atoms with van der Waals surface area (Å²) in [7, 11) is 0. The van der Waals surface area contributed by atoms with Crippen molar-refractivity contribution in [2.75, 3.05) is 0 Å². The molecule has 2 N–H and O–H groups in total. The van der Waals surface area contributed by atoms with Gasteiger partial charge in [0.25, 0.3) is 0 Å². The van der Waals surface area contributed by atoms with E-state index in [0.29, 0.717) is 11.4 Å². The van der Waals surface area contributed by atoms with Gasteiger partial charge < -0.3 is 14.4 Å². The Hall–Kier alpha value is 0.230. The molecule has 4 heteroatoms. The highest BCUT2D eigenvalue weighted by molar-refractivity contribution is 7.95. The van der Waals surface area contributed by atoms with Crippen molar-refractivity contribution in [2.24, 2.45) is 0 Å². The summed E-state index contributed by atoms with van der Waals surface area (Å²) in [5, 5.41) is 19.3. The summed E-state index contributed by atoms with van der Waals surface area (Å²) in [5.41, 5.74) is 0. The minimum Gasteiger partial charge on any atom is -0.393 e. The molecule has 2 aliphatic carbocycles. The van der Waals surface area contributed by atoms with Crippen molar-refractivity contribution < 1.29 is 14.4 Å². The number of hydrogen-bond acceptors (Lipinski definition) is 4. The first-order chi connectivity index (χ1) is 7.74. The summed E-state index contributed by atoms with van der Waals surface area (Å²) in [6, 6.07) is 0. The fourth-order valence-corrected chi connectivity index (χ4v) is 3.41. The highest BCUT2D eigenvalue weighted by Gasteiger charge is 2.24. The summed E-state index contributed by atoms with van der Waals surface area (Å²) in [6.07, 6.45) is 7.88. The van der Waals surface area contributed by atoms with Gasteiger partial charge in [-0.3, -0.25) is 0 Å². The second-order valence-electron chi connectivity index (χ2n) is 5.05. The lowest BCUT2D eigenvalue weighted by Crippen LogP contribution is -2.25. The van der Waals surface area contributed by atoms with E-state index in [1.54, 1.807) is 12.0 Å². The van der Waals surface area contributed by atoms with E-state index in [4.69, 9.17) is 4.18 Å². The second-order valence-corrected chi connectivity index (χ2v) is 6.11. The van der Waals surface area contributed by atoms with Crippen molar-refractivity contribution in [2.45, 2.75) is 74.9 Å². The molecule has 0 bridgehead atoms. The van der Waals surface area contributed by atoms with Crippen molar-refractivity contribution in [3.63, 3.8) is 0 Å². The number of rotatable bonds is 3. The lowest BCUT2D eigenvalue weighted by atomic mass is 9.95. The van der Waals surface area contributed by atoms with Crippen molar-refractivity contribution >= 4 is 12.0 Å². The summed E-state index contributed by atoms with van der Waals surface area (Å²) in [6.45, 7) is 0. The quantitative estimate of drug-likeness (QED) is 0.750. The molecule has 0 saturated heterocycles. The summed E-state index contributed by atoms with van der Waals surface area (Å²) >= 11 is 1.61. The molecule has 16 heavy (non-hydrogen) atoms. The molecule has 2 rings (SSSR count). The number of aliphatic hydroxyl groups excluding tert-OH is 2. The predicted octanol–water partition coefficient (Wildman–Crippen LogP) is 2.26. The second kappa shape index (κ2) is 6.24. The molecular weight excluding hydrogens is 224 g/mol. The lowest BCUT2D eigenvalue weighted by Gasteiger charge is -2.28. The van der Waals surface area contributed by atoms with Gasteiger partial charge in [0, 0.05) is 5.25 Å². The average molecular weight is 246 g/mol. The summed E-state index contributed by atoms with van der Waals surface area (Å²) < 4.78 is 5.83. The van der Waals surface area contributed by atoms with Crippen LogP contribution in [0.3, 0.4) is 0 Å². The van der Waals surface area contributed by atoms with Gasteiger partial charge in [-0.15, -0.1) is 0 Å². The van der Waals surface area contributed by atoms with Crippen molar-refractivity contribution in [3.05, 3.63) is 0 Å². The maximum atomic E-state index is 9.40. The monoisotopic (exact) mass is 246 g/mol. The Balaban J connectivity index is 1.60. The van der Waals surface area contributed by atoms with Crippen molar-refractivity contribution in [3.8, 4) is 0 Å². The van der Waals surface area contributed by atoms with E-state index in [-0.39, 0.29) is 12.2 Å². The SMILES string of the molecule is OC1CCC(OSC2CCC(O)CC2)CC1. The first-order valence-corrected chi connectivity index (χ1v) is 7.23. The van der Waals surface area contributed by atoms with Crippen LogP contribution in [0, 0.1) is 0 Å². The van der Waals surface area contributed by atoms with Crippen LogP contribution in [-0.2, 0) is 4.18 Å². The molecule has 2 fully saturated rings. The Bertz CT molecular complexity index is 174. The van der Waals surface area contributed by atoms with Crippen LogP contribution in [0.4, 0.5) is 0 Å². The van der Waals surface area contributed by atoms with Gasteiger partial charge in [0.1, 0.15) is 0 Å². The van der Waals surface area contributed by atoms with E-state index < -0.39 is 0 Å². The van der Waals surface area contributed by atoms with Gasteiger partial charge in [0.2, 0.25) is 0 Å². The molecule has 0 amide bonds. The smallest absolute Gasteiger partial charge is 0.0724 e. The van der Waals surface area contributed by atoms with Crippen LogP contribution in [0.1, 0.15) is 51.4 Å². The molecule has 0 aromatic heterocycles. The Morgan fingerprint density at radius 3 is 1.81 bits per heavy atom. The van der Waals surface area contributed by atoms with E-state index in [1.165, 1.54) is 0 Å². The molecule has 0 aromatic carbocycles. The van der Waals surface area contributed by atoms with Gasteiger partial charge in [-0.2, -0.15) is 0 Å². The van der Waals surface area contributed by atoms with Crippen LogP contribution in [0.15, 0.2) is 0 Å². The third kappa shape index (κ3) is 3.91. The molecular formula is C12H22O3S. The van der Waals surface area contributed by atoms with Crippen molar-refractivity contribution in [1.29, 1.82) is 0 Å². The molecule has 0 aromatic rings. The summed E-state index contributed by atoms with van der Waals surface area (Å²) in [4.78, 5) is 0. The molecule has 0 spiro atoms. The predicted molar refractivity (Wildman–Crippen MR) is 65.2 cm³/mol. The average Bonchev–Trinajstić information content (AvgIpc) is 2.30. The van der Waals surface area contributed by atoms with E-state index in [1.807, 2.05) is 0 Å². The highest BCUT2D eigenvalue weighted by Crippen LogP contribution is 2.32. The van der Waals surface area contributed by atoms with Gasteiger partial charge in [0.05, 0.1) is 18.3 Å². The molecule has 2 saturated carbocycles. The van der Waals surface area contributed by atoms with Crippen LogP contribution in [0.5, 0.6) is 0 Å². The molecule has 0 aliphatic heterocycles. The largest absolute Gasteiger partial charge is 0.393 e. The zero-order valence-corrected chi connectivity index (χ0v) is 10.5. The van der Waals surface area contributed by atoms with Crippen molar-refractivity contribution in [1.82, 2.24) is 0 Å². The normalized spacial score (nSPS) is 40.9. The summed E-state index contributed by atoms with van der Waals surface area (Å²) in [5.74, 6) is 0. The molecule has 0 unspecified atom stereocenters. The van der Waals surface area contributed by atoms with E-state index >= 15 is 0 Å². The third-order valence-electron chi connectivity index (χ3n) is 3.62. The fraction of sp³-hybridized carbons (Fsp3) is 1.00. The van der Waals surface area contributed by atoms with Gasteiger partial charge >= 0.3 is 0 Å². The molecule has 3 nitrogen and oxygen atoms in total. The van der Waals surface area contributed by atoms with E-state index in [9.17, 15) is 10.2 Å². The maximum absolute atomic E-state index is 9.40. The highest BCUT2D eigenvalue weighted by atomic mass is 32.2. The fourth-order valence-electron chi connectivity index (χ4n) is 2.44. The number of hydrogen-bond donors (Lipinski definition) is 2. The zero-order valence-electron chi connectivity index (χ0n) is 9.68. The van der Waals surface area contributed by atoms with Gasteiger partial charge in [-0.25, -0.2) is 0 Å². The Labute approximate surface area is 102 Å². The zero-order chi connectivity index (χ0) is 11.4. The van der Waals surface area contributed by atoms with Gasteiger partial charge in [0.15, 0.2) is 0 Å². The van der Waals surface area contributed by atoms with Crippen LogP contribution >= 0.6 is 12.0 Å². The minimum absolute atomic E-state index is 0.0818. The van der Waals surface area contributed by atoms with Crippen LogP contribution < -0.4 is 0 Å².